The predicted octanol–water partition coefficient (Wildman–Crippen LogP) is 1.28. The molecule has 0 bridgehead atoms. The van der Waals surface area contributed by atoms with Crippen molar-refractivity contribution in [2.24, 2.45) is 0 Å². The normalized spacial score (nSPS) is 13.7. The van der Waals surface area contributed by atoms with Gasteiger partial charge in [0.15, 0.2) is 0 Å². The summed E-state index contributed by atoms with van der Waals surface area (Å²) in [4.78, 5) is 31.2. The largest absolute Gasteiger partial charge is 0.497 e. The van der Waals surface area contributed by atoms with Gasteiger partial charge in [-0.3, -0.25) is 19.1 Å². The third kappa shape index (κ3) is 4.11. The minimum absolute atomic E-state index is 0.0228. The number of aromatic nitrogens is 2. The lowest BCUT2D eigenvalue weighted by atomic mass is 10.1. The molecule has 0 saturated heterocycles. The quantitative estimate of drug-likeness (QED) is 0.822. The van der Waals surface area contributed by atoms with Crippen molar-refractivity contribution < 1.29 is 14.3 Å². The Morgan fingerprint density at radius 1 is 1.30 bits per heavy atom. The Balaban J connectivity index is 1.66. The zero-order chi connectivity index (χ0) is 19.4. The number of ether oxygens (including phenoxy) is 2. The Hall–Kier alpha value is -2.87. The highest BCUT2D eigenvalue weighted by Crippen LogP contribution is 2.29. The first-order valence-electron chi connectivity index (χ1n) is 8.87. The number of amides is 1. The molecule has 8 heteroatoms. The van der Waals surface area contributed by atoms with Crippen LogP contribution in [-0.2, 0) is 24.3 Å². The third-order valence-corrected chi connectivity index (χ3v) is 4.66. The SMILES string of the molecule is CCn1cnc2c(c1=O)CCN(CC(=O)Nc1ccc(OC)cc1OC)C2. The van der Waals surface area contributed by atoms with E-state index in [4.69, 9.17) is 9.47 Å². The van der Waals surface area contributed by atoms with Gasteiger partial charge in [-0.1, -0.05) is 0 Å². The fourth-order valence-electron chi connectivity index (χ4n) is 3.17. The Bertz CT molecular complexity index is 894. The summed E-state index contributed by atoms with van der Waals surface area (Å²) in [5, 5.41) is 2.87. The van der Waals surface area contributed by atoms with Gasteiger partial charge in [0.25, 0.3) is 5.56 Å². The summed E-state index contributed by atoms with van der Waals surface area (Å²) < 4.78 is 12.1. The molecule has 1 aliphatic rings. The maximum absolute atomic E-state index is 12.5. The van der Waals surface area contributed by atoms with Gasteiger partial charge in [0.2, 0.25) is 5.91 Å². The number of carbonyl (C=O) groups excluding carboxylic acids is 1. The summed E-state index contributed by atoms with van der Waals surface area (Å²) in [6, 6.07) is 5.23. The van der Waals surface area contributed by atoms with Crippen LogP contribution in [-0.4, -0.2) is 47.7 Å². The molecule has 0 radical (unpaired) electrons. The molecule has 0 atom stereocenters. The summed E-state index contributed by atoms with van der Waals surface area (Å²) in [5.41, 5.74) is 2.12. The Labute approximate surface area is 157 Å². The van der Waals surface area contributed by atoms with E-state index in [2.05, 4.69) is 10.3 Å². The Morgan fingerprint density at radius 2 is 2.11 bits per heavy atom. The predicted molar refractivity (Wildman–Crippen MR) is 101 cm³/mol. The van der Waals surface area contributed by atoms with Crippen LogP contribution in [0.3, 0.4) is 0 Å². The highest BCUT2D eigenvalue weighted by Gasteiger charge is 2.22. The second-order valence-corrected chi connectivity index (χ2v) is 6.34. The molecule has 1 N–H and O–H groups in total. The van der Waals surface area contributed by atoms with Crippen LogP contribution < -0.4 is 20.3 Å². The lowest BCUT2D eigenvalue weighted by Gasteiger charge is -2.27. The van der Waals surface area contributed by atoms with Crippen LogP contribution in [0.15, 0.2) is 29.3 Å². The molecule has 0 saturated carbocycles. The number of methoxy groups -OCH3 is 2. The molecule has 2 heterocycles. The molecule has 0 unspecified atom stereocenters. The van der Waals surface area contributed by atoms with Gasteiger partial charge in [-0.25, -0.2) is 4.98 Å². The fraction of sp³-hybridized carbons (Fsp3) is 0.421. The minimum atomic E-state index is -0.149. The van der Waals surface area contributed by atoms with Gasteiger partial charge in [-0.2, -0.15) is 0 Å². The molecule has 2 aromatic rings. The lowest BCUT2D eigenvalue weighted by molar-refractivity contribution is -0.117. The number of nitrogens with one attached hydrogen (secondary N) is 1. The van der Waals surface area contributed by atoms with E-state index in [-0.39, 0.29) is 18.0 Å². The number of aryl methyl sites for hydroxylation is 1. The lowest BCUT2D eigenvalue weighted by Crippen LogP contribution is -2.40. The van der Waals surface area contributed by atoms with Gasteiger partial charge in [0.1, 0.15) is 11.5 Å². The van der Waals surface area contributed by atoms with Gasteiger partial charge in [0, 0.05) is 31.3 Å². The average Bonchev–Trinajstić information content (AvgIpc) is 2.68. The standard InChI is InChI=1S/C19H24N4O4/c1-4-23-12-20-16-10-22(8-7-14(16)19(23)25)11-18(24)21-15-6-5-13(26-2)9-17(15)27-3/h5-6,9,12H,4,7-8,10-11H2,1-3H3,(H,21,24). The monoisotopic (exact) mass is 372 g/mol. The first-order chi connectivity index (χ1) is 13.0. The topological polar surface area (TPSA) is 85.7 Å². The molecular formula is C19H24N4O4. The molecule has 1 aromatic heterocycles. The second-order valence-electron chi connectivity index (χ2n) is 6.34. The molecule has 1 amide bonds. The van der Waals surface area contributed by atoms with Crippen molar-refractivity contribution in [3.8, 4) is 11.5 Å². The zero-order valence-electron chi connectivity index (χ0n) is 15.8. The smallest absolute Gasteiger partial charge is 0.256 e. The van der Waals surface area contributed by atoms with Crippen molar-refractivity contribution in [1.82, 2.24) is 14.5 Å². The van der Waals surface area contributed by atoms with Crippen LogP contribution in [0.5, 0.6) is 11.5 Å². The Morgan fingerprint density at radius 3 is 2.81 bits per heavy atom. The van der Waals surface area contributed by atoms with Crippen LogP contribution in [0.1, 0.15) is 18.2 Å². The van der Waals surface area contributed by atoms with E-state index in [1.807, 2.05) is 11.8 Å². The second kappa shape index (κ2) is 8.22. The molecule has 8 nitrogen and oxygen atoms in total. The molecular weight excluding hydrogens is 348 g/mol. The van der Waals surface area contributed by atoms with Crippen LogP contribution in [0, 0.1) is 0 Å². The fourth-order valence-corrected chi connectivity index (χ4v) is 3.17. The van der Waals surface area contributed by atoms with Gasteiger partial charge < -0.3 is 14.8 Å². The van der Waals surface area contributed by atoms with Crippen molar-refractivity contribution in [1.29, 1.82) is 0 Å². The minimum Gasteiger partial charge on any atom is -0.497 e. The van der Waals surface area contributed by atoms with Crippen molar-refractivity contribution in [3.05, 3.63) is 46.1 Å². The highest BCUT2D eigenvalue weighted by atomic mass is 16.5. The number of hydrogen-bond donors (Lipinski definition) is 1. The van der Waals surface area contributed by atoms with E-state index in [9.17, 15) is 9.59 Å². The van der Waals surface area contributed by atoms with Crippen LogP contribution in [0.2, 0.25) is 0 Å². The van der Waals surface area contributed by atoms with Crippen LogP contribution >= 0.6 is 0 Å². The summed E-state index contributed by atoms with van der Waals surface area (Å²) in [7, 11) is 3.12. The Kier molecular flexibility index (Phi) is 5.75. The van der Waals surface area contributed by atoms with Gasteiger partial charge in [-0.05, 0) is 25.5 Å². The van der Waals surface area contributed by atoms with E-state index < -0.39 is 0 Å². The van der Waals surface area contributed by atoms with Crippen molar-refractivity contribution in [2.75, 3.05) is 32.6 Å². The first kappa shape index (κ1) is 18.9. The molecule has 3 rings (SSSR count). The number of fused-ring (bicyclic) bond motifs is 1. The number of benzene rings is 1. The van der Waals surface area contributed by atoms with E-state index in [0.717, 1.165) is 11.3 Å². The molecule has 0 fully saturated rings. The molecule has 0 spiro atoms. The summed E-state index contributed by atoms with van der Waals surface area (Å²) in [6.45, 7) is 3.87. The van der Waals surface area contributed by atoms with E-state index in [0.29, 0.717) is 43.2 Å². The zero-order valence-corrected chi connectivity index (χ0v) is 15.8. The van der Waals surface area contributed by atoms with Crippen molar-refractivity contribution >= 4 is 11.6 Å². The summed E-state index contributed by atoms with van der Waals surface area (Å²) >= 11 is 0. The number of nitrogens with zero attached hydrogens (tertiary/aromatic N) is 3. The molecule has 1 aromatic carbocycles. The number of rotatable bonds is 6. The van der Waals surface area contributed by atoms with Crippen LogP contribution in [0.25, 0.3) is 0 Å². The van der Waals surface area contributed by atoms with Crippen molar-refractivity contribution in [2.45, 2.75) is 26.4 Å². The summed E-state index contributed by atoms with van der Waals surface area (Å²) in [5.74, 6) is 1.04. The van der Waals surface area contributed by atoms with Gasteiger partial charge in [-0.15, -0.1) is 0 Å². The first-order valence-corrected chi connectivity index (χ1v) is 8.87. The van der Waals surface area contributed by atoms with Gasteiger partial charge in [0.05, 0.1) is 38.5 Å². The molecule has 1 aliphatic heterocycles. The van der Waals surface area contributed by atoms with Gasteiger partial charge >= 0.3 is 0 Å². The molecule has 0 aliphatic carbocycles. The van der Waals surface area contributed by atoms with Crippen LogP contribution in [0.4, 0.5) is 5.69 Å². The number of anilines is 1. The maximum atomic E-state index is 12.5. The third-order valence-electron chi connectivity index (χ3n) is 4.66. The number of hydrogen-bond acceptors (Lipinski definition) is 6. The number of carbonyl (C=O) groups is 1. The van der Waals surface area contributed by atoms with Crippen molar-refractivity contribution in [3.63, 3.8) is 0 Å². The average molecular weight is 372 g/mol. The van der Waals surface area contributed by atoms with E-state index in [1.54, 1.807) is 43.3 Å². The summed E-state index contributed by atoms with van der Waals surface area (Å²) in [6.07, 6.45) is 2.17. The molecule has 27 heavy (non-hydrogen) atoms. The highest BCUT2D eigenvalue weighted by molar-refractivity contribution is 5.93. The van der Waals surface area contributed by atoms with E-state index >= 15 is 0 Å². The molecule has 144 valence electrons. The van der Waals surface area contributed by atoms with E-state index in [1.165, 1.54) is 0 Å². The maximum Gasteiger partial charge on any atom is 0.256 e.